The minimum atomic E-state index is -2.34. The second kappa shape index (κ2) is 17.8. The first-order chi connectivity index (χ1) is 32.4. The van der Waals surface area contributed by atoms with Crippen molar-refractivity contribution in [3.05, 3.63) is 275 Å². The van der Waals surface area contributed by atoms with Crippen LogP contribution in [0.5, 0.6) is 0 Å². The van der Waals surface area contributed by atoms with Gasteiger partial charge in [-0.15, -0.1) is 0 Å². The quantitative estimate of drug-likeness (QED) is 0.0957. The molecule has 2 aliphatic heterocycles. The van der Waals surface area contributed by atoms with Gasteiger partial charge in [0.05, 0.1) is 0 Å². The fourth-order valence-electron chi connectivity index (χ4n) is 10.1. The molecule has 0 N–H and O–H groups in total. The van der Waals surface area contributed by atoms with Crippen LogP contribution in [-0.4, -0.2) is 24.2 Å². The molecule has 0 aromatic heterocycles. The average molecular weight is 884 g/mol. The highest BCUT2D eigenvalue weighted by atomic mass is 31.2. The summed E-state index contributed by atoms with van der Waals surface area (Å²) in [5, 5.41) is 0. The van der Waals surface area contributed by atoms with E-state index in [0.29, 0.717) is 0 Å². The molecule has 2 heterocycles. The van der Waals surface area contributed by atoms with E-state index in [9.17, 15) is 0 Å². The van der Waals surface area contributed by atoms with Crippen LogP contribution in [0.4, 0.5) is 0 Å². The second-order valence-corrected chi connectivity index (χ2v) is 18.7. The Morgan fingerprint density at radius 1 is 0.500 bits per heavy atom. The lowest BCUT2D eigenvalue weighted by Crippen LogP contribution is -2.53. The molecule has 7 heteroatoms. The molecule has 0 spiro atoms. The van der Waals surface area contributed by atoms with Crippen LogP contribution in [0.25, 0.3) is 11.1 Å². The van der Waals surface area contributed by atoms with Crippen LogP contribution in [0, 0.1) is 0 Å². The zero-order chi connectivity index (χ0) is 44.6. The Morgan fingerprint density at radius 3 is 1.42 bits per heavy atom. The van der Waals surface area contributed by atoms with E-state index in [2.05, 4.69) is 127 Å². The van der Waals surface area contributed by atoms with E-state index in [-0.39, 0.29) is 0 Å². The van der Waals surface area contributed by atoms with Gasteiger partial charge in [-0.1, -0.05) is 218 Å². The summed E-state index contributed by atoms with van der Waals surface area (Å²) in [5.41, 5.74) is 9.13. The fourth-order valence-corrected chi connectivity index (χ4v) is 11.8. The summed E-state index contributed by atoms with van der Waals surface area (Å²) in [6, 6.07) is 76.7. The zero-order valence-electron chi connectivity index (χ0n) is 36.9. The minimum absolute atomic E-state index is 0.520. The second-order valence-electron chi connectivity index (χ2n) is 17.6. The highest BCUT2D eigenvalue weighted by Gasteiger charge is 2.67. The van der Waals surface area contributed by atoms with Gasteiger partial charge in [-0.25, -0.2) is 0 Å². The number of nitrogens with zero attached hydrogens (tertiary/aromatic N) is 1. The number of aliphatic imine (C=N–C) groups is 1. The Balaban J connectivity index is 1.11. The highest BCUT2D eigenvalue weighted by molar-refractivity contribution is 7.41. The van der Waals surface area contributed by atoms with Crippen molar-refractivity contribution in [2.24, 2.45) is 4.99 Å². The molecular formula is C59H50NO5P. The van der Waals surface area contributed by atoms with Crippen molar-refractivity contribution in [2.75, 3.05) is 0 Å². The molecule has 1 aliphatic carbocycles. The molecule has 6 nitrogen and oxygen atoms in total. The molecule has 0 radical (unpaired) electrons. The first-order valence-electron chi connectivity index (χ1n) is 22.7. The summed E-state index contributed by atoms with van der Waals surface area (Å²) in [6.45, 7) is 3.94. The van der Waals surface area contributed by atoms with Gasteiger partial charge in [-0.05, 0) is 87.5 Å². The van der Waals surface area contributed by atoms with Crippen LogP contribution < -0.4 is 0 Å². The largest absolute Gasteiger partial charge is 0.341 e. The van der Waals surface area contributed by atoms with Crippen LogP contribution >= 0.6 is 8.60 Å². The van der Waals surface area contributed by atoms with E-state index in [1.807, 2.05) is 117 Å². The van der Waals surface area contributed by atoms with Crippen LogP contribution in [0.3, 0.4) is 0 Å². The van der Waals surface area contributed by atoms with Gasteiger partial charge in [0.1, 0.15) is 24.4 Å². The number of rotatable bonds is 11. The summed E-state index contributed by atoms with van der Waals surface area (Å²) in [5.74, 6) is -1.02. The standard InChI is InChI=1S/C59H50NO5P/c1-57(2)61-55-56(62-57)59(49-32-17-7-18-33-49,50-34-19-8-20-35-50)65-66(64-58(55,47-28-13-5-14-29-47)48-30-15-6-16-31-48)63-54(44-25-11-4-12-26-44)53(43-23-9-3-10-24-43)60-41-42-37-38-52-46(39-42)40-45-27-21-22-36-51(45)52/h3-39,41,53-56H,40H2,1-2H3/t53-,54+,55+,56+/m0/s1. The lowest BCUT2D eigenvalue weighted by molar-refractivity contribution is -0.177. The molecule has 2 fully saturated rings. The number of ether oxygens (including phenoxy) is 2. The van der Waals surface area contributed by atoms with Crippen molar-refractivity contribution in [3.8, 4) is 11.1 Å². The molecule has 2 saturated heterocycles. The number of hydrogen-bond donors (Lipinski definition) is 0. The van der Waals surface area contributed by atoms with Gasteiger partial charge < -0.3 is 14.0 Å². The topological polar surface area (TPSA) is 58.5 Å². The molecule has 0 bridgehead atoms. The summed E-state index contributed by atoms with van der Waals surface area (Å²) in [7, 11) is -2.34. The van der Waals surface area contributed by atoms with Crippen LogP contribution in [0.15, 0.2) is 229 Å². The molecule has 8 aromatic carbocycles. The van der Waals surface area contributed by atoms with Gasteiger partial charge in [0.25, 0.3) is 0 Å². The molecule has 0 unspecified atom stereocenters. The molecule has 0 saturated carbocycles. The van der Waals surface area contributed by atoms with Gasteiger partial charge in [0.15, 0.2) is 17.0 Å². The van der Waals surface area contributed by atoms with Crippen LogP contribution in [0.1, 0.15) is 76.1 Å². The van der Waals surface area contributed by atoms with Gasteiger partial charge in [-0.2, -0.15) is 0 Å². The third-order valence-electron chi connectivity index (χ3n) is 13.1. The van der Waals surface area contributed by atoms with Crippen molar-refractivity contribution < 1.29 is 23.0 Å². The van der Waals surface area contributed by atoms with Crippen molar-refractivity contribution in [1.29, 1.82) is 0 Å². The monoisotopic (exact) mass is 883 g/mol. The molecule has 66 heavy (non-hydrogen) atoms. The van der Waals surface area contributed by atoms with Crippen molar-refractivity contribution in [2.45, 2.75) is 61.6 Å². The highest BCUT2D eigenvalue weighted by Crippen LogP contribution is 2.66. The summed E-state index contributed by atoms with van der Waals surface area (Å²) in [6.07, 6.45) is 0.730. The van der Waals surface area contributed by atoms with Crippen LogP contribution in [0.2, 0.25) is 0 Å². The smallest absolute Gasteiger partial charge is 0.336 e. The van der Waals surface area contributed by atoms with E-state index in [4.69, 9.17) is 28.0 Å². The maximum Gasteiger partial charge on any atom is 0.336 e. The predicted octanol–water partition coefficient (Wildman–Crippen LogP) is 13.9. The first kappa shape index (κ1) is 42.3. The van der Waals surface area contributed by atoms with Crippen molar-refractivity contribution >= 4 is 14.8 Å². The molecular weight excluding hydrogens is 834 g/mol. The van der Waals surface area contributed by atoms with Gasteiger partial charge >= 0.3 is 8.60 Å². The van der Waals surface area contributed by atoms with Crippen LogP contribution in [-0.2, 0) is 40.7 Å². The first-order valence-corrected chi connectivity index (χ1v) is 23.8. The van der Waals surface area contributed by atoms with E-state index in [0.717, 1.165) is 45.4 Å². The van der Waals surface area contributed by atoms with Gasteiger partial charge in [0, 0.05) is 6.21 Å². The SMILES string of the molecule is CC1(C)O[C@@H]2[C@@H](O1)C(c1ccccc1)(c1ccccc1)OP(O[C@H](c1ccccc1)[C@@H](N=Cc1ccc3c(c1)Cc1ccccc1-3)c1ccccc1)OC2(c1ccccc1)c1ccccc1. The van der Waals surface area contributed by atoms with Crippen molar-refractivity contribution in [3.63, 3.8) is 0 Å². The third kappa shape index (κ3) is 7.74. The maximum absolute atomic E-state index is 7.82. The molecule has 11 rings (SSSR count). The normalized spacial score (nSPS) is 20.2. The minimum Gasteiger partial charge on any atom is -0.341 e. The summed E-state index contributed by atoms with van der Waals surface area (Å²) in [4.78, 5) is 5.49. The van der Waals surface area contributed by atoms with Gasteiger partial charge in [-0.3, -0.25) is 14.0 Å². The van der Waals surface area contributed by atoms with Gasteiger partial charge in [0.2, 0.25) is 0 Å². The Bertz CT molecular complexity index is 2750. The number of benzene rings is 8. The summed E-state index contributed by atoms with van der Waals surface area (Å²) < 4.78 is 37.8. The molecule has 4 atom stereocenters. The molecule has 0 amide bonds. The average Bonchev–Trinajstić information content (AvgIpc) is 3.89. The molecule has 326 valence electrons. The number of hydrogen-bond acceptors (Lipinski definition) is 6. The van der Waals surface area contributed by atoms with E-state index >= 15 is 0 Å². The Kier molecular flexibility index (Phi) is 11.4. The van der Waals surface area contributed by atoms with E-state index in [1.165, 1.54) is 22.3 Å². The fraction of sp³-hybridized carbons (Fsp3) is 0.169. The Hall–Kier alpha value is -6.34. The van der Waals surface area contributed by atoms with Crippen molar-refractivity contribution in [1.82, 2.24) is 0 Å². The Labute approximate surface area is 388 Å². The lowest BCUT2D eigenvalue weighted by Gasteiger charge is -2.41. The third-order valence-corrected chi connectivity index (χ3v) is 14.4. The molecule has 8 aromatic rings. The predicted molar refractivity (Wildman–Crippen MR) is 262 cm³/mol. The lowest BCUT2D eigenvalue weighted by atomic mass is 9.72. The van der Waals surface area contributed by atoms with E-state index < -0.39 is 49.9 Å². The maximum atomic E-state index is 7.82. The summed E-state index contributed by atoms with van der Waals surface area (Å²) >= 11 is 0. The number of fused-ring (bicyclic) bond motifs is 4. The van der Waals surface area contributed by atoms with E-state index in [1.54, 1.807) is 0 Å². The Morgan fingerprint density at radius 2 is 0.924 bits per heavy atom. The molecule has 3 aliphatic rings. The zero-order valence-corrected chi connectivity index (χ0v) is 37.8.